The van der Waals surface area contributed by atoms with E-state index in [1.807, 2.05) is 25.1 Å². The summed E-state index contributed by atoms with van der Waals surface area (Å²) in [7, 11) is 0. The fourth-order valence-electron chi connectivity index (χ4n) is 2.04. The number of rotatable bonds is 6. The molecule has 0 fully saturated rings. The minimum atomic E-state index is 0.470. The van der Waals surface area contributed by atoms with E-state index in [0.717, 1.165) is 24.4 Å². The summed E-state index contributed by atoms with van der Waals surface area (Å²) in [5.74, 6) is 1.47. The van der Waals surface area contributed by atoms with E-state index in [4.69, 9.17) is 4.74 Å². The Morgan fingerprint density at radius 1 is 1.10 bits per heavy atom. The number of nitrogens with zero attached hydrogens (tertiary/aromatic N) is 1. The van der Waals surface area contributed by atoms with Crippen molar-refractivity contribution in [2.75, 3.05) is 0 Å². The van der Waals surface area contributed by atoms with E-state index < -0.39 is 0 Å². The number of nitrogens with one attached hydrogen (secondary N) is 1. The van der Waals surface area contributed by atoms with Gasteiger partial charge in [0.05, 0.1) is 0 Å². The zero-order chi connectivity index (χ0) is 15.2. The Hall–Kier alpha value is -1.87. The molecule has 0 bridgehead atoms. The molecule has 2 aromatic rings. The van der Waals surface area contributed by atoms with Gasteiger partial charge in [0.15, 0.2) is 0 Å². The Morgan fingerprint density at radius 2 is 1.81 bits per heavy atom. The zero-order valence-corrected chi connectivity index (χ0v) is 13.3. The number of hydrogen-bond acceptors (Lipinski definition) is 3. The highest BCUT2D eigenvalue weighted by atomic mass is 16.5. The second-order valence-corrected chi connectivity index (χ2v) is 5.53. The van der Waals surface area contributed by atoms with Crippen molar-refractivity contribution in [1.29, 1.82) is 0 Å². The maximum absolute atomic E-state index is 5.81. The second kappa shape index (κ2) is 7.23. The number of hydrogen-bond donors (Lipinski definition) is 1. The highest BCUT2D eigenvalue weighted by Crippen LogP contribution is 2.21. The van der Waals surface area contributed by atoms with Crippen LogP contribution in [0.2, 0.25) is 0 Å². The molecule has 0 atom stereocenters. The van der Waals surface area contributed by atoms with Gasteiger partial charge in [0, 0.05) is 24.3 Å². The smallest absolute Gasteiger partial charge is 0.219 e. The van der Waals surface area contributed by atoms with Gasteiger partial charge in [0.25, 0.3) is 0 Å². The van der Waals surface area contributed by atoms with Crippen LogP contribution in [0.25, 0.3) is 0 Å². The third kappa shape index (κ3) is 4.57. The average molecular weight is 284 g/mol. The van der Waals surface area contributed by atoms with Gasteiger partial charge >= 0.3 is 0 Å². The summed E-state index contributed by atoms with van der Waals surface area (Å²) in [6.45, 7) is 9.28. The molecule has 3 nitrogen and oxygen atoms in total. The summed E-state index contributed by atoms with van der Waals surface area (Å²) in [6.07, 6.45) is 1.04. The summed E-state index contributed by atoms with van der Waals surface area (Å²) in [6, 6.07) is 12.6. The van der Waals surface area contributed by atoms with Crippen molar-refractivity contribution >= 4 is 0 Å². The van der Waals surface area contributed by atoms with Gasteiger partial charge in [-0.2, -0.15) is 0 Å². The predicted octanol–water partition coefficient (Wildman–Crippen LogP) is 4.24. The lowest BCUT2D eigenvalue weighted by Gasteiger charge is -2.11. The first kappa shape index (κ1) is 15.5. The van der Waals surface area contributed by atoms with Gasteiger partial charge in [0.2, 0.25) is 5.88 Å². The van der Waals surface area contributed by atoms with Crippen LogP contribution in [0.1, 0.15) is 37.6 Å². The van der Waals surface area contributed by atoms with Crippen LogP contribution < -0.4 is 10.1 Å². The summed E-state index contributed by atoms with van der Waals surface area (Å²) in [5, 5.41) is 3.40. The third-order valence-electron chi connectivity index (χ3n) is 3.42. The monoisotopic (exact) mass is 284 g/mol. The van der Waals surface area contributed by atoms with Crippen LogP contribution in [0.3, 0.4) is 0 Å². The topological polar surface area (TPSA) is 34.1 Å². The largest absolute Gasteiger partial charge is 0.439 e. The first-order valence-corrected chi connectivity index (χ1v) is 7.55. The molecule has 0 aliphatic heterocycles. The highest BCUT2D eigenvalue weighted by molar-refractivity contribution is 5.32. The SMILES string of the molecule is CCc1ccc(Oc2ccc(CNC(C)C)c(C)n2)cc1. The number of pyridine rings is 1. The molecule has 112 valence electrons. The van der Waals surface area contributed by atoms with Gasteiger partial charge in [0.1, 0.15) is 5.75 Å². The quantitative estimate of drug-likeness (QED) is 0.861. The summed E-state index contributed by atoms with van der Waals surface area (Å²) >= 11 is 0. The van der Waals surface area contributed by atoms with E-state index in [0.29, 0.717) is 11.9 Å². The summed E-state index contributed by atoms with van der Waals surface area (Å²) < 4.78 is 5.81. The van der Waals surface area contributed by atoms with E-state index in [1.54, 1.807) is 0 Å². The van der Waals surface area contributed by atoms with Crippen molar-refractivity contribution in [3.63, 3.8) is 0 Å². The van der Waals surface area contributed by atoms with E-state index in [2.05, 4.69) is 49.3 Å². The normalized spacial score (nSPS) is 10.9. The Labute approximate surface area is 127 Å². The van der Waals surface area contributed by atoms with Gasteiger partial charge in [-0.15, -0.1) is 0 Å². The number of aryl methyl sites for hydroxylation is 2. The van der Waals surface area contributed by atoms with Gasteiger partial charge in [-0.25, -0.2) is 4.98 Å². The van der Waals surface area contributed by atoms with Crippen molar-refractivity contribution in [1.82, 2.24) is 10.3 Å². The van der Waals surface area contributed by atoms with Crippen LogP contribution in [-0.2, 0) is 13.0 Å². The van der Waals surface area contributed by atoms with Crippen LogP contribution in [0, 0.1) is 6.92 Å². The number of benzene rings is 1. The molecule has 0 unspecified atom stereocenters. The summed E-state index contributed by atoms with van der Waals surface area (Å²) in [4.78, 5) is 4.53. The molecule has 0 aliphatic rings. The maximum atomic E-state index is 5.81. The van der Waals surface area contributed by atoms with E-state index in [9.17, 15) is 0 Å². The molecule has 0 spiro atoms. The standard InChI is InChI=1S/C18H24N2O/c1-5-15-6-9-17(10-7-15)21-18-11-8-16(14(4)20-18)12-19-13(2)3/h6-11,13,19H,5,12H2,1-4H3. The molecule has 1 aromatic heterocycles. The zero-order valence-electron chi connectivity index (χ0n) is 13.3. The molecule has 1 heterocycles. The van der Waals surface area contributed by atoms with Crippen LogP contribution in [-0.4, -0.2) is 11.0 Å². The van der Waals surface area contributed by atoms with E-state index in [1.165, 1.54) is 11.1 Å². The van der Waals surface area contributed by atoms with E-state index in [-0.39, 0.29) is 0 Å². The van der Waals surface area contributed by atoms with Crippen molar-refractivity contribution in [3.8, 4) is 11.6 Å². The fourth-order valence-corrected chi connectivity index (χ4v) is 2.04. The molecule has 0 saturated carbocycles. The van der Waals surface area contributed by atoms with Crippen molar-refractivity contribution in [2.24, 2.45) is 0 Å². The Bertz CT molecular complexity index is 576. The molecule has 2 rings (SSSR count). The third-order valence-corrected chi connectivity index (χ3v) is 3.42. The Balaban J connectivity index is 2.05. The lowest BCUT2D eigenvalue weighted by molar-refractivity contribution is 0.460. The Morgan fingerprint density at radius 3 is 2.38 bits per heavy atom. The van der Waals surface area contributed by atoms with Crippen LogP contribution in [0.15, 0.2) is 36.4 Å². The van der Waals surface area contributed by atoms with Gasteiger partial charge in [-0.3, -0.25) is 0 Å². The first-order chi connectivity index (χ1) is 10.1. The molecule has 0 amide bonds. The Kier molecular flexibility index (Phi) is 5.34. The van der Waals surface area contributed by atoms with Crippen LogP contribution in [0.4, 0.5) is 0 Å². The average Bonchev–Trinajstić information content (AvgIpc) is 2.47. The van der Waals surface area contributed by atoms with Crippen molar-refractivity contribution < 1.29 is 4.74 Å². The summed E-state index contributed by atoms with van der Waals surface area (Å²) in [5.41, 5.74) is 3.52. The number of ether oxygens (including phenoxy) is 1. The van der Waals surface area contributed by atoms with Gasteiger partial charge in [-0.1, -0.05) is 39.0 Å². The lowest BCUT2D eigenvalue weighted by Crippen LogP contribution is -2.22. The van der Waals surface area contributed by atoms with Crippen LogP contribution >= 0.6 is 0 Å². The van der Waals surface area contributed by atoms with Crippen LogP contribution in [0.5, 0.6) is 11.6 Å². The molecule has 0 aliphatic carbocycles. The number of aromatic nitrogens is 1. The second-order valence-electron chi connectivity index (χ2n) is 5.53. The van der Waals surface area contributed by atoms with Crippen molar-refractivity contribution in [2.45, 2.75) is 46.7 Å². The minimum absolute atomic E-state index is 0.470. The highest BCUT2D eigenvalue weighted by Gasteiger charge is 2.04. The molecular formula is C18H24N2O. The molecule has 0 radical (unpaired) electrons. The predicted molar refractivity (Wildman–Crippen MR) is 86.8 cm³/mol. The fraction of sp³-hybridized carbons (Fsp3) is 0.389. The molecule has 1 N–H and O–H groups in total. The maximum Gasteiger partial charge on any atom is 0.219 e. The molecular weight excluding hydrogens is 260 g/mol. The molecule has 21 heavy (non-hydrogen) atoms. The first-order valence-electron chi connectivity index (χ1n) is 7.55. The minimum Gasteiger partial charge on any atom is -0.439 e. The van der Waals surface area contributed by atoms with E-state index >= 15 is 0 Å². The molecule has 1 aromatic carbocycles. The lowest BCUT2D eigenvalue weighted by atomic mass is 10.2. The van der Waals surface area contributed by atoms with Gasteiger partial charge < -0.3 is 10.1 Å². The van der Waals surface area contributed by atoms with Gasteiger partial charge in [-0.05, 0) is 36.6 Å². The molecule has 0 saturated heterocycles. The van der Waals surface area contributed by atoms with Crippen molar-refractivity contribution in [3.05, 3.63) is 53.2 Å². The molecule has 3 heteroatoms.